The molecular formula is C17H17F3N2O3S. The number of sulfonamides is 1. The molecule has 0 radical (unpaired) electrons. The number of amides is 1. The number of hydrogen-bond acceptors (Lipinski definition) is 3. The number of hydrogen-bond donors (Lipinski definition) is 1. The van der Waals surface area contributed by atoms with Crippen LogP contribution in [-0.4, -0.2) is 27.4 Å². The van der Waals surface area contributed by atoms with Gasteiger partial charge >= 0.3 is 0 Å². The van der Waals surface area contributed by atoms with Gasteiger partial charge in [-0.15, -0.1) is 0 Å². The zero-order valence-electron chi connectivity index (χ0n) is 14.1. The van der Waals surface area contributed by atoms with Crippen molar-refractivity contribution >= 4 is 21.6 Å². The molecule has 0 saturated heterocycles. The molecule has 0 aliphatic carbocycles. The lowest BCUT2D eigenvalue weighted by molar-refractivity contribution is -0.116. The number of carbonyl (C=O) groups excluding carboxylic acids is 1. The maximum absolute atomic E-state index is 13.9. The molecule has 1 N–H and O–H groups in total. The first-order chi connectivity index (χ1) is 12.1. The normalized spacial score (nSPS) is 11.4. The van der Waals surface area contributed by atoms with Crippen LogP contribution in [0, 0.1) is 24.4 Å². The van der Waals surface area contributed by atoms with Crippen molar-refractivity contribution in [1.29, 1.82) is 0 Å². The summed E-state index contributed by atoms with van der Waals surface area (Å²) in [6.45, 7) is 2.34. The minimum absolute atomic E-state index is 0.0471. The van der Waals surface area contributed by atoms with Crippen LogP contribution >= 0.6 is 0 Å². The van der Waals surface area contributed by atoms with Crippen LogP contribution in [0.2, 0.25) is 0 Å². The third-order valence-electron chi connectivity index (χ3n) is 3.61. The van der Waals surface area contributed by atoms with Gasteiger partial charge in [0.05, 0.1) is 10.6 Å². The van der Waals surface area contributed by atoms with Gasteiger partial charge in [-0.3, -0.25) is 4.79 Å². The molecule has 0 saturated carbocycles. The van der Waals surface area contributed by atoms with Crippen molar-refractivity contribution in [1.82, 2.24) is 4.72 Å². The van der Waals surface area contributed by atoms with E-state index in [9.17, 15) is 26.4 Å². The first-order valence-corrected chi connectivity index (χ1v) is 9.09. The van der Waals surface area contributed by atoms with E-state index in [-0.39, 0.29) is 18.0 Å². The number of halogens is 3. The highest BCUT2D eigenvalue weighted by atomic mass is 32.2. The van der Waals surface area contributed by atoms with E-state index in [2.05, 4.69) is 4.72 Å². The lowest BCUT2D eigenvalue weighted by Gasteiger charge is -2.22. The highest BCUT2D eigenvalue weighted by molar-refractivity contribution is 7.89. The summed E-state index contributed by atoms with van der Waals surface area (Å²) in [7, 11) is -3.83. The van der Waals surface area contributed by atoms with Crippen molar-refractivity contribution in [2.75, 3.05) is 18.0 Å². The summed E-state index contributed by atoms with van der Waals surface area (Å²) in [5, 5.41) is 0. The summed E-state index contributed by atoms with van der Waals surface area (Å²) in [4.78, 5) is 12.6. The number of aryl methyl sites for hydroxylation is 1. The second kappa shape index (κ2) is 7.88. The van der Waals surface area contributed by atoms with E-state index >= 15 is 0 Å². The van der Waals surface area contributed by atoms with Gasteiger partial charge in [0.25, 0.3) is 0 Å². The smallest absolute Gasteiger partial charge is 0.240 e. The Morgan fingerprint density at radius 1 is 1.12 bits per heavy atom. The Balaban J connectivity index is 2.15. The van der Waals surface area contributed by atoms with E-state index in [0.29, 0.717) is 6.07 Å². The van der Waals surface area contributed by atoms with Crippen LogP contribution in [0.5, 0.6) is 0 Å². The molecule has 0 aromatic heterocycles. The first kappa shape index (κ1) is 19.9. The van der Waals surface area contributed by atoms with E-state index in [0.717, 1.165) is 23.5 Å². The van der Waals surface area contributed by atoms with Crippen LogP contribution in [0.15, 0.2) is 41.3 Å². The topological polar surface area (TPSA) is 66.5 Å². The molecule has 0 aliphatic rings. The number of carbonyl (C=O) groups is 1. The molecule has 5 nitrogen and oxygen atoms in total. The van der Waals surface area contributed by atoms with Crippen molar-refractivity contribution in [2.24, 2.45) is 0 Å². The quantitative estimate of drug-likeness (QED) is 0.777. The Morgan fingerprint density at radius 2 is 1.81 bits per heavy atom. The standard InChI is InChI=1S/C17H17F3N2O3S/c1-11-4-3-5-13(10-11)26(24,25)21-8-9-22(12(2)23)15-7-6-14(18)16(19)17(15)20/h3-7,10,21H,8-9H2,1-2H3. The van der Waals surface area contributed by atoms with Crippen molar-refractivity contribution in [3.63, 3.8) is 0 Å². The number of benzene rings is 2. The molecule has 2 aromatic carbocycles. The van der Waals surface area contributed by atoms with Gasteiger partial charge in [-0.05, 0) is 36.8 Å². The van der Waals surface area contributed by atoms with Crippen LogP contribution in [0.3, 0.4) is 0 Å². The maximum Gasteiger partial charge on any atom is 0.240 e. The van der Waals surface area contributed by atoms with Crippen molar-refractivity contribution < 1.29 is 26.4 Å². The van der Waals surface area contributed by atoms with E-state index < -0.39 is 39.1 Å². The summed E-state index contributed by atoms with van der Waals surface area (Å²) >= 11 is 0. The summed E-state index contributed by atoms with van der Waals surface area (Å²) < 4.78 is 67.1. The highest BCUT2D eigenvalue weighted by Gasteiger charge is 2.22. The molecule has 0 unspecified atom stereocenters. The molecule has 0 bridgehead atoms. The molecule has 2 rings (SSSR count). The van der Waals surface area contributed by atoms with Crippen LogP contribution in [-0.2, 0) is 14.8 Å². The predicted octanol–water partition coefficient (Wildman–Crippen LogP) is 2.74. The Labute approximate surface area is 149 Å². The van der Waals surface area contributed by atoms with Gasteiger partial charge in [0.2, 0.25) is 15.9 Å². The fourth-order valence-corrected chi connectivity index (χ4v) is 3.45. The number of anilines is 1. The summed E-state index contributed by atoms with van der Waals surface area (Å²) in [6, 6.07) is 7.82. The minimum atomic E-state index is -3.83. The molecule has 0 heterocycles. The van der Waals surface area contributed by atoms with Gasteiger partial charge < -0.3 is 4.90 Å². The van der Waals surface area contributed by atoms with E-state index in [1.807, 2.05) is 0 Å². The molecule has 0 atom stereocenters. The average Bonchev–Trinajstić information content (AvgIpc) is 2.57. The second-order valence-electron chi connectivity index (χ2n) is 5.58. The van der Waals surface area contributed by atoms with Crippen molar-refractivity contribution in [2.45, 2.75) is 18.7 Å². The van der Waals surface area contributed by atoms with E-state index in [4.69, 9.17) is 0 Å². The monoisotopic (exact) mass is 386 g/mol. The third-order valence-corrected chi connectivity index (χ3v) is 5.07. The third kappa shape index (κ3) is 4.41. The Bertz CT molecular complexity index is 933. The number of nitrogens with zero attached hydrogens (tertiary/aromatic N) is 1. The van der Waals surface area contributed by atoms with Gasteiger partial charge in [-0.25, -0.2) is 26.3 Å². The second-order valence-corrected chi connectivity index (χ2v) is 7.35. The molecular weight excluding hydrogens is 369 g/mol. The first-order valence-electron chi connectivity index (χ1n) is 7.61. The molecule has 1 amide bonds. The largest absolute Gasteiger partial charge is 0.308 e. The van der Waals surface area contributed by atoms with Gasteiger partial charge in [0, 0.05) is 20.0 Å². The Morgan fingerprint density at radius 3 is 2.42 bits per heavy atom. The molecule has 0 spiro atoms. The highest BCUT2D eigenvalue weighted by Crippen LogP contribution is 2.23. The summed E-state index contributed by atoms with van der Waals surface area (Å²) in [6.07, 6.45) is 0. The lowest BCUT2D eigenvalue weighted by atomic mass is 10.2. The Hall–Kier alpha value is -2.39. The van der Waals surface area contributed by atoms with Gasteiger partial charge in [-0.2, -0.15) is 0 Å². The molecule has 0 aliphatic heterocycles. The van der Waals surface area contributed by atoms with Crippen molar-refractivity contribution in [3.8, 4) is 0 Å². The Kier molecular flexibility index (Phi) is 6.04. The molecule has 9 heteroatoms. The zero-order chi connectivity index (χ0) is 19.5. The predicted molar refractivity (Wildman–Crippen MR) is 90.7 cm³/mol. The van der Waals surface area contributed by atoms with Crippen LogP contribution < -0.4 is 9.62 Å². The lowest BCUT2D eigenvalue weighted by Crippen LogP contribution is -2.38. The molecule has 0 fully saturated rings. The van der Waals surface area contributed by atoms with Crippen molar-refractivity contribution in [3.05, 3.63) is 59.4 Å². The van der Waals surface area contributed by atoms with Gasteiger partial charge in [-0.1, -0.05) is 12.1 Å². The van der Waals surface area contributed by atoms with Gasteiger partial charge in [0.1, 0.15) is 0 Å². The van der Waals surface area contributed by atoms with Gasteiger partial charge in [0.15, 0.2) is 17.5 Å². The summed E-state index contributed by atoms with van der Waals surface area (Å²) in [5.41, 5.74) is 0.285. The van der Waals surface area contributed by atoms with Crippen LogP contribution in [0.1, 0.15) is 12.5 Å². The fourth-order valence-electron chi connectivity index (χ4n) is 2.33. The van der Waals surface area contributed by atoms with Crippen LogP contribution in [0.4, 0.5) is 18.9 Å². The zero-order valence-corrected chi connectivity index (χ0v) is 14.9. The molecule has 26 heavy (non-hydrogen) atoms. The fraction of sp³-hybridized carbons (Fsp3) is 0.235. The SMILES string of the molecule is CC(=O)N(CCNS(=O)(=O)c1cccc(C)c1)c1ccc(F)c(F)c1F. The molecule has 2 aromatic rings. The molecule has 140 valence electrons. The van der Waals surface area contributed by atoms with E-state index in [1.54, 1.807) is 19.1 Å². The minimum Gasteiger partial charge on any atom is -0.308 e. The average molecular weight is 386 g/mol. The van der Waals surface area contributed by atoms with E-state index in [1.165, 1.54) is 12.1 Å². The number of rotatable bonds is 6. The maximum atomic E-state index is 13.9. The summed E-state index contributed by atoms with van der Waals surface area (Å²) in [5.74, 6) is -5.24. The number of nitrogens with one attached hydrogen (secondary N) is 1. The van der Waals surface area contributed by atoms with Crippen LogP contribution in [0.25, 0.3) is 0 Å².